The quantitative estimate of drug-likeness (QED) is 0.489. The first-order valence-electron chi connectivity index (χ1n) is 11.1. The Balaban J connectivity index is 1.79. The molecule has 0 aliphatic carbocycles. The number of carbonyl (C=O) groups excluding carboxylic acids is 1. The van der Waals surface area contributed by atoms with E-state index in [9.17, 15) is 50.1 Å². The van der Waals surface area contributed by atoms with Crippen LogP contribution in [0, 0.1) is 17.5 Å². The molecule has 15 heteroatoms. The van der Waals surface area contributed by atoms with Gasteiger partial charge >= 0.3 is 12.1 Å². The summed E-state index contributed by atoms with van der Waals surface area (Å²) in [5.41, 5.74) is -2.04. The number of β-amino-alcohol motifs (C(OH)–C–C–N with tert-alkyl or cyclic N) is 1. The Hall–Kier alpha value is -3.46. The predicted octanol–water partition coefficient (Wildman–Crippen LogP) is 3.84. The molecule has 2 aliphatic heterocycles. The minimum atomic E-state index is -6.00. The maximum Gasteiger partial charge on any atom is 0.455 e. The number of hydrogen-bond donors (Lipinski definition) is 3. The summed E-state index contributed by atoms with van der Waals surface area (Å²) < 4.78 is 109. The Kier molecular flexibility index (Phi) is 7.03. The maximum atomic E-state index is 14.8. The van der Waals surface area contributed by atoms with E-state index in [0.717, 1.165) is 0 Å². The first kappa shape index (κ1) is 27.6. The van der Waals surface area contributed by atoms with Gasteiger partial charge in [-0.05, 0) is 25.5 Å². The van der Waals surface area contributed by atoms with Gasteiger partial charge in [0.1, 0.15) is 29.2 Å². The number of aliphatic hydroxyl groups is 2. The standard InChI is InChI=1S/C23H20F8N4O3/c1-10(22(27,28)23(29,30)31)32-21(38)14-9-35(18-15(25)6-11(24)7-16(18)26)20-13(19(14)37)2-3-17(33-20)34-5-4-12(36)8-34/h2-3,6-7,9-10,12,19,36-37H,4-5,8H2,1H3,(H,32,38)/t10?,12-,19?/m0/s1. The summed E-state index contributed by atoms with van der Waals surface area (Å²) in [7, 11) is 0. The summed E-state index contributed by atoms with van der Waals surface area (Å²) in [6.07, 6.45) is -7.60. The van der Waals surface area contributed by atoms with E-state index in [4.69, 9.17) is 0 Å². The minimum Gasteiger partial charge on any atom is -0.391 e. The van der Waals surface area contributed by atoms with Gasteiger partial charge in [0.25, 0.3) is 5.91 Å². The Labute approximate surface area is 210 Å². The van der Waals surface area contributed by atoms with E-state index in [1.807, 2.05) is 0 Å². The fourth-order valence-electron chi connectivity index (χ4n) is 4.15. The average molecular weight is 552 g/mol. The Morgan fingerprint density at radius 3 is 2.29 bits per heavy atom. The van der Waals surface area contributed by atoms with Crippen molar-refractivity contribution >= 4 is 23.2 Å². The third kappa shape index (κ3) is 4.87. The highest BCUT2D eigenvalue weighted by Crippen LogP contribution is 2.43. The first-order valence-corrected chi connectivity index (χ1v) is 11.1. The van der Waals surface area contributed by atoms with Crippen molar-refractivity contribution in [3.63, 3.8) is 0 Å². The number of aliphatic hydroxyl groups excluding tert-OH is 2. The third-order valence-electron chi connectivity index (χ3n) is 6.22. The average Bonchev–Trinajstić information content (AvgIpc) is 3.25. The number of nitrogens with one attached hydrogen (secondary N) is 1. The number of alkyl halides is 5. The van der Waals surface area contributed by atoms with E-state index in [-0.39, 0.29) is 23.7 Å². The van der Waals surface area contributed by atoms with Gasteiger partial charge in [-0.3, -0.25) is 9.69 Å². The minimum absolute atomic E-state index is 0.169. The van der Waals surface area contributed by atoms with Gasteiger partial charge in [-0.25, -0.2) is 18.2 Å². The normalized spacial score (nSPS) is 20.8. The van der Waals surface area contributed by atoms with Crippen LogP contribution >= 0.6 is 0 Å². The topological polar surface area (TPSA) is 88.9 Å². The summed E-state index contributed by atoms with van der Waals surface area (Å²) in [4.78, 5) is 19.3. The molecule has 0 saturated carbocycles. The van der Waals surface area contributed by atoms with Gasteiger partial charge in [-0.15, -0.1) is 0 Å². The van der Waals surface area contributed by atoms with Crippen molar-refractivity contribution in [2.45, 2.75) is 43.7 Å². The molecule has 3 heterocycles. The molecule has 0 spiro atoms. The van der Waals surface area contributed by atoms with Crippen LogP contribution in [-0.2, 0) is 4.79 Å². The summed E-state index contributed by atoms with van der Waals surface area (Å²) in [6.45, 7) is 0.927. The summed E-state index contributed by atoms with van der Waals surface area (Å²) in [5.74, 6) is -11.2. The number of hydrogen-bond acceptors (Lipinski definition) is 6. The molecule has 1 amide bonds. The predicted molar refractivity (Wildman–Crippen MR) is 117 cm³/mol. The lowest BCUT2D eigenvalue weighted by Gasteiger charge is -2.33. The maximum absolute atomic E-state index is 14.8. The molecular weight excluding hydrogens is 532 g/mol. The zero-order valence-electron chi connectivity index (χ0n) is 19.4. The zero-order chi connectivity index (χ0) is 28.2. The summed E-state index contributed by atoms with van der Waals surface area (Å²) in [6, 6.07) is 0.441. The van der Waals surface area contributed by atoms with Crippen molar-refractivity contribution in [2.75, 3.05) is 22.9 Å². The fraction of sp³-hybridized carbons (Fsp3) is 0.391. The number of anilines is 3. The Bertz CT molecular complexity index is 1260. The van der Waals surface area contributed by atoms with Crippen LogP contribution in [0.4, 0.5) is 52.4 Å². The lowest BCUT2D eigenvalue weighted by atomic mass is 9.97. The van der Waals surface area contributed by atoms with Crippen LogP contribution < -0.4 is 15.1 Å². The van der Waals surface area contributed by atoms with Crippen molar-refractivity contribution in [3.8, 4) is 0 Å². The van der Waals surface area contributed by atoms with Gasteiger partial charge in [0.05, 0.1) is 17.7 Å². The van der Waals surface area contributed by atoms with Crippen LogP contribution in [-0.4, -0.2) is 58.4 Å². The molecule has 0 bridgehead atoms. The highest BCUT2D eigenvalue weighted by atomic mass is 19.4. The number of aromatic nitrogens is 1. The van der Waals surface area contributed by atoms with Gasteiger partial charge in [0.15, 0.2) is 11.6 Å². The number of benzene rings is 1. The van der Waals surface area contributed by atoms with Crippen molar-refractivity contribution < 1.29 is 50.1 Å². The van der Waals surface area contributed by atoms with E-state index < -0.39 is 65.0 Å². The lowest BCUT2D eigenvalue weighted by molar-refractivity contribution is -0.290. The molecule has 1 fully saturated rings. The van der Waals surface area contributed by atoms with Crippen LogP contribution in [0.5, 0.6) is 0 Å². The second kappa shape index (κ2) is 9.69. The smallest absolute Gasteiger partial charge is 0.391 e. The second-order valence-electron chi connectivity index (χ2n) is 8.86. The number of amides is 1. The van der Waals surface area contributed by atoms with Gasteiger partial charge in [-0.1, -0.05) is 0 Å². The number of fused-ring (bicyclic) bond motifs is 1. The fourth-order valence-corrected chi connectivity index (χ4v) is 4.15. The lowest BCUT2D eigenvalue weighted by Crippen LogP contribution is -2.54. The van der Waals surface area contributed by atoms with Gasteiger partial charge in [-0.2, -0.15) is 22.0 Å². The molecule has 38 heavy (non-hydrogen) atoms. The number of pyridine rings is 1. The second-order valence-corrected chi connectivity index (χ2v) is 8.86. The summed E-state index contributed by atoms with van der Waals surface area (Å²) >= 11 is 0. The number of nitrogens with zero attached hydrogens (tertiary/aromatic N) is 3. The molecular formula is C23H20F8N4O3. The van der Waals surface area contributed by atoms with Crippen molar-refractivity contribution in [1.82, 2.24) is 10.3 Å². The largest absolute Gasteiger partial charge is 0.455 e. The van der Waals surface area contributed by atoms with E-state index in [1.54, 1.807) is 4.90 Å². The van der Waals surface area contributed by atoms with Crippen LogP contribution in [0.2, 0.25) is 0 Å². The molecule has 2 unspecified atom stereocenters. The van der Waals surface area contributed by atoms with E-state index >= 15 is 0 Å². The number of carbonyl (C=O) groups is 1. The molecule has 7 nitrogen and oxygen atoms in total. The number of halogens is 8. The Morgan fingerprint density at radius 2 is 1.74 bits per heavy atom. The number of rotatable bonds is 5. The van der Waals surface area contributed by atoms with Crippen LogP contribution in [0.3, 0.4) is 0 Å². The monoisotopic (exact) mass is 552 g/mol. The van der Waals surface area contributed by atoms with Crippen molar-refractivity contribution in [3.05, 3.63) is 59.1 Å². The van der Waals surface area contributed by atoms with Gasteiger partial charge < -0.3 is 20.4 Å². The molecule has 206 valence electrons. The van der Waals surface area contributed by atoms with Crippen LogP contribution in [0.25, 0.3) is 0 Å². The molecule has 2 aliphatic rings. The Morgan fingerprint density at radius 1 is 1.11 bits per heavy atom. The van der Waals surface area contributed by atoms with Crippen molar-refractivity contribution in [2.24, 2.45) is 0 Å². The van der Waals surface area contributed by atoms with E-state index in [2.05, 4.69) is 4.98 Å². The highest BCUT2D eigenvalue weighted by molar-refractivity contribution is 5.97. The van der Waals surface area contributed by atoms with Crippen molar-refractivity contribution in [1.29, 1.82) is 0 Å². The zero-order valence-corrected chi connectivity index (χ0v) is 19.4. The molecule has 1 saturated heterocycles. The van der Waals surface area contributed by atoms with E-state index in [1.165, 1.54) is 17.4 Å². The highest BCUT2D eigenvalue weighted by Gasteiger charge is 2.61. The van der Waals surface area contributed by atoms with E-state index in [0.29, 0.717) is 43.1 Å². The molecule has 1 aromatic carbocycles. The van der Waals surface area contributed by atoms with Gasteiger partial charge in [0, 0.05) is 37.0 Å². The third-order valence-corrected chi connectivity index (χ3v) is 6.22. The van der Waals surface area contributed by atoms with Gasteiger partial charge in [0.2, 0.25) is 0 Å². The summed E-state index contributed by atoms with van der Waals surface area (Å²) in [5, 5.41) is 22.1. The molecule has 0 radical (unpaired) electrons. The molecule has 1 aromatic heterocycles. The van der Waals surface area contributed by atoms with Crippen LogP contribution in [0.1, 0.15) is 25.0 Å². The molecule has 3 atom stereocenters. The molecule has 2 aromatic rings. The molecule has 4 rings (SSSR count). The molecule has 3 N–H and O–H groups in total. The van der Waals surface area contributed by atoms with Crippen LogP contribution in [0.15, 0.2) is 36.0 Å². The SMILES string of the molecule is CC(NC(=O)C1=CN(c2c(F)cc(F)cc2F)c2nc(N3CC[C@H](O)C3)ccc2C1O)C(F)(F)C(F)(F)F. The first-order chi connectivity index (χ1) is 17.6.